The average molecular weight is 343 g/mol. The SMILES string of the molecule is O=[N+]([O-])c1ccc(CNCC2CCCC(O)C2)c(Br)c1. The summed E-state index contributed by atoms with van der Waals surface area (Å²) in [6.07, 6.45) is 3.89. The first-order valence-electron chi connectivity index (χ1n) is 6.88. The molecule has 2 atom stereocenters. The topological polar surface area (TPSA) is 75.4 Å². The summed E-state index contributed by atoms with van der Waals surface area (Å²) in [6, 6.07) is 4.82. The molecule has 1 fully saturated rings. The molecule has 0 bridgehead atoms. The van der Waals surface area contributed by atoms with Crippen molar-refractivity contribution in [1.29, 1.82) is 0 Å². The molecule has 5 nitrogen and oxygen atoms in total. The second kappa shape index (κ2) is 7.15. The van der Waals surface area contributed by atoms with E-state index in [0.29, 0.717) is 12.5 Å². The number of aliphatic hydroxyl groups is 1. The van der Waals surface area contributed by atoms with E-state index < -0.39 is 4.92 Å². The Kier molecular flexibility index (Phi) is 5.51. The van der Waals surface area contributed by atoms with Crippen LogP contribution in [0.1, 0.15) is 31.2 Å². The maximum atomic E-state index is 10.7. The third kappa shape index (κ3) is 4.26. The molecule has 1 aliphatic rings. The molecule has 2 unspecified atom stereocenters. The number of benzene rings is 1. The number of hydrogen-bond donors (Lipinski definition) is 2. The normalized spacial score (nSPS) is 22.7. The summed E-state index contributed by atoms with van der Waals surface area (Å²) in [5.74, 6) is 0.524. The Morgan fingerprint density at radius 1 is 1.45 bits per heavy atom. The number of non-ortho nitro benzene ring substituents is 1. The third-order valence-corrected chi connectivity index (χ3v) is 4.49. The molecule has 6 heteroatoms. The lowest BCUT2D eigenvalue weighted by molar-refractivity contribution is -0.384. The Morgan fingerprint density at radius 2 is 2.25 bits per heavy atom. The fourth-order valence-electron chi connectivity index (χ4n) is 2.65. The molecule has 1 aliphatic carbocycles. The van der Waals surface area contributed by atoms with Gasteiger partial charge in [0.1, 0.15) is 0 Å². The minimum Gasteiger partial charge on any atom is -0.393 e. The van der Waals surface area contributed by atoms with Crippen LogP contribution in [0.25, 0.3) is 0 Å². The molecule has 110 valence electrons. The van der Waals surface area contributed by atoms with Crippen molar-refractivity contribution in [3.8, 4) is 0 Å². The van der Waals surface area contributed by atoms with Gasteiger partial charge in [0, 0.05) is 23.2 Å². The molecule has 0 amide bonds. The molecule has 0 aliphatic heterocycles. The second-order valence-electron chi connectivity index (χ2n) is 5.35. The number of rotatable bonds is 5. The summed E-state index contributed by atoms with van der Waals surface area (Å²) in [6.45, 7) is 1.55. The number of nitro groups is 1. The van der Waals surface area contributed by atoms with Crippen molar-refractivity contribution in [2.24, 2.45) is 5.92 Å². The Morgan fingerprint density at radius 3 is 2.90 bits per heavy atom. The highest BCUT2D eigenvalue weighted by Crippen LogP contribution is 2.25. The van der Waals surface area contributed by atoms with Gasteiger partial charge < -0.3 is 10.4 Å². The molecule has 0 saturated heterocycles. The van der Waals surface area contributed by atoms with Crippen molar-refractivity contribution in [2.45, 2.75) is 38.3 Å². The van der Waals surface area contributed by atoms with E-state index >= 15 is 0 Å². The molecule has 0 aromatic heterocycles. The lowest BCUT2D eigenvalue weighted by atomic mass is 9.87. The van der Waals surface area contributed by atoms with Gasteiger partial charge in [-0.1, -0.05) is 22.4 Å². The van der Waals surface area contributed by atoms with Gasteiger partial charge in [-0.3, -0.25) is 10.1 Å². The van der Waals surface area contributed by atoms with E-state index in [-0.39, 0.29) is 11.8 Å². The van der Waals surface area contributed by atoms with E-state index in [1.54, 1.807) is 6.07 Å². The van der Waals surface area contributed by atoms with E-state index in [1.165, 1.54) is 12.1 Å². The predicted octanol–water partition coefficient (Wildman–Crippen LogP) is 3.00. The number of nitro benzene ring substituents is 1. The standard InChI is InChI=1S/C14H19BrN2O3/c15-14-7-12(17(19)20)5-4-11(14)9-16-8-10-2-1-3-13(18)6-10/h4-5,7,10,13,16,18H,1-3,6,8-9H2. The smallest absolute Gasteiger partial charge is 0.270 e. The molecular formula is C14H19BrN2O3. The molecule has 0 spiro atoms. The summed E-state index contributed by atoms with van der Waals surface area (Å²) >= 11 is 3.37. The number of aliphatic hydroxyl groups excluding tert-OH is 1. The summed E-state index contributed by atoms with van der Waals surface area (Å²) in [7, 11) is 0. The van der Waals surface area contributed by atoms with Gasteiger partial charge in [0.2, 0.25) is 0 Å². The van der Waals surface area contributed by atoms with Crippen molar-refractivity contribution >= 4 is 21.6 Å². The van der Waals surface area contributed by atoms with Crippen molar-refractivity contribution in [2.75, 3.05) is 6.54 Å². The summed E-state index contributed by atoms with van der Waals surface area (Å²) in [5.41, 5.74) is 1.10. The monoisotopic (exact) mass is 342 g/mol. The van der Waals surface area contributed by atoms with Crippen LogP contribution in [0.4, 0.5) is 5.69 Å². The van der Waals surface area contributed by atoms with Gasteiger partial charge in [-0.05, 0) is 43.4 Å². The zero-order valence-corrected chi connectivity index (χ0v) is 12.8. The Balaban J connectivity index is 1.83. The van der Waals surface area contributed by atoms with E-state index in [2.05, 4.69) is 21.2 Å². The molecule has 2 rings (SSSR count). The number of nitrogens with one attached hydrogen (secondary N) is 1. The van der Waals surface area contributed by atoms with Gasteiger partial charge in [-0.25, -0.2) is 0 Å². The maximum absolute atomic E-state index is 10.7. The van der Waals surface area contributed by atoms with E-state index in [4.69, 9.17) is 0 Å². The van der Waals surface area contributed by atoms with Crippen molar-refractivity contribution < 1.29 is 10.0 Å². The fraction of sp³-hybridized carbons (Fsp3) is 0.571. The van der Waals surface area contributed by atoms with Gasteiger partial charge in [0.05, 0.1) is 11.0 Å². The van der Waals surface area contributed by atoms with Gasteiger partial charge in [-0.2, -0.15) is 0 Å². The lowest BCUT2D eigenvalue weighted by Crippen LogP contribution is -2.29. The van der Waals surface area contributed by atoms with E-state index in [1.807, 2.05) is 0 Å². The van der Waals surface area contributed by atoms with Crippen LogP contribution in [0.2, 0.25) is 0 Å². The van der Waals surface area contributed by atoms with Crippen LogP contribution in [0.5, 0.6) is 0 Å². The third-order valence-electron chi connectivity index (χ3n) is 3.75. The minimum atomic E-state index is -0.397. The minimum absolute atomic E-state index is 0.0935. The molecule has 1 aromatic rings. The number of hydrogen-bond acceptors (Lipinski definition) is 4. The molecular weight excluding hydrogens is 324 g/mol. The zero-order valence-electron chi connectivity index (χ0n) is 11.2. The Hall–Kier alpha value is -0.980. The highest BCUT2D eigenvalue weighted by atomic mass is 79.9. The van der Waals surface area contributed by atoms with Gasteiger partial charge in [0.15, 0.2) is 0 Å². The highest BCUT2D eigenvalue weighted by Gasteiger charge is 2.19. The van der Waals surface area contributed by atoms with Crippen LogP contribution >= 0.6 is 15.9 Å². The summed E-state index contributed by atoms with van der Waals surface area (Å²) in [5, 5.41) is 23.7. The molecule has 1 saturated carbocycles. The highest BCUT2D eigenvalue weighted by molar-refractivity contribution is 9.10. The number of halogens is 1. The van der Waals surface area contributed by atoms with Gasteiger partial charge >= 0.3 is 0 Å². The van der Waals surface area contributed by atoms with E-state index in [9.17, 15) is 15.2 Å². The van der Waals surface area contributed by atoms with E-state index in [0.717, 1.165) is 42.3 Å². The molecule has 1 aromatic carbocycles. The number of nitrogens with zero attached hydrogens (tertiary/aromatic N) is 1. The van der Waals surface area contributed by atoms with Crippen LogP contribution in [0.3, 0.4) is 0 Å². The predicted molar refractivity (Wildman–Crippen MR) is 80.5 cm³/mol. The largest absolute Gasteiger partial charge is 0.393 e. The Labute approximate surface area is 126 Å². The Bertz CT molecular complexity index is 481. The molecule has 2 N–H and O–H groups in total. The van der Waals surface area contributed by atoms with Crippen molar-refractivity contribution in [3.63, 3.8) is 0 Å². The average Bonchev–Trinajstić information content (AvgIpc) is 2.40. The lowest BCUT2D eigenvalue weighted by Gasteiger charge is -2.26. The van der Waals surface area contributed by atoms with Gasteiger partial charge in [0.25, 0.3) is 5.69 Å². The van der Waals surface area contributed by atoms with Gasteiger partial charge in [-0.15, -0.1) is 0 Å². The summed E-state index contributed by atoms with van der Waals surface area (Å²) < 4.78 is 0.753. The first-order chi connectivity index (χ1) is 9.56. The molecule has 0 heterocycles. The van der Waals surface area contributed by atoms with Crippen LogP contribution in [0.15, 0.2) is 22.7 Å². The van der Waals surface area contributed by atoms with Crippen LogP contribution in [-0.4, -0.2) is 22.7 Å². The van der Waals surface area contributed by atoms with Crippen LogP contribution in [0, 0.1) is 16.0 Å². The quantitative estimate of drug-likeness (QED) is 0.637. The summed E-state index contributed by atoms with van der Waals surface area (Å²) in [4.78, 5) is 10.3. The molecule has 0 radical (unpaired) electrons. The van der Waals surface area contributed by atoms with Crippen LogP contribution < -0.4 is 5.32 Å². The maximum Gasteiger partial charge on any atom is 0.270 e. The van der Waals surface area contributed by atoms with Crippen molar-refractivity contribution in [3.05, 3.63) is 38.3 Å². The van der Waals surface area contributed by atoms with Crippen LogP contribution in [-0.2, 0) is 6.54 Å². The first-order valence-corrected chi connectivity index (χ1v) is 7.67. The second-order valence-corrected chi connectivity index (χ2v) is 6.20. The van der Waals surface area contributed by atoms with Crippen molar-refractivity contribution in [1.82, 2.24) is 5.32 Å². The first kappa shape index (κ1) is 15.4. The fourth-order valence-corrected chi connectivity index (χ4v) is 3.16. The zero-order chi connectivity index (χ0) is 14.5. The molecule has 20 heavy (non-hydrogen) atoms.